The molecule has 7 nitrogen and oxygen atoms in total. The van der Waals surface area contributed by atoms with Crippen LogP contribution in [-0.4, -0.2) is 65.2 Å². The molecule has 0 aliphatic heterocycles. The van der Waals surface area contributed by atoms with E-state index in [1.807, 2.05) is 0 Å². The summed E-state index contributed by atoms with van der Waals surface area (Å²) >= 11 is 0. The number of rotatable bonds is 46. The monoisotopic (exact) mass is 807 g/mol. The lowest BCUT2D eigenvalue weighted by Crippen LogP contribution is -2.43. The summed E-state index contributed by atoms with van der Waals surface area (Å²) in [6.45, 7) is 3.26. The normalized spacial score (nSPS) is 13.5. The molecule has 0 aromatic heterocycles. The quantitative estimate of drug-likeness (QED) is 0.0319. The first-order valence-corrected chi connectivity index (χ1v) is 24.5. The molecule has 336 valence electrons. The van der Waals surface area contributed by atoms with Gasteiger partial charge in [-0.3, -0.25) is 9.59 Å². The zero-order chi connectivity index (χ0) is 41.7. The lowest BCUT2D eigenvalue weighted by molar-refractivity contribution is -0.163. The van der Waals surface area contributed by atoms with E-state index in [1.165, 1.54) is 173 Å². The standard InChI is InChI=1S/C50H94O7/c1-3-5-7-9-11-13-15-17-19-21-23-25-27-29-31-33-35-37-39-41-47(53)50(48(54)44-52)57-46(43-51)45-56-49(55)42-40-38-36-34-32-30-28-26-24-22-20-18-16-14-12-10-8-6-4-2/h17-20,46,48,50-52,54H,3-16,21-45H2,1-2H3. The van der Waals surface area contributed by atoms with Crippen LogP contribution in [0.4, 0.5) is 0 Å². The number of ether oxygens (including phenoxy) is 2. The van der Waals surface area contributed by atoms with Crippen LogP contribution in [0, 0.1) is 0 Å². The number of aliphatic hydroxyl groups excluding tert-OH is 3. The maximum Gasteiger partial charge on any atom is 0.305 e. The maximum absolute atomic E-state index is 12.9. The summed E-state index contributed by atoms with van der Waals surface area (Å²) < 4.78 is 11.0. The van der Waals surface area contributed by atoms with E-state index in [9.17, 15) is 24.9 Å². The number of hydrogen-bond donors (Lipinski definition) is 3. The Morgan fingerprint density at radius 2 is 0.789 bits per heavy atom. The summed E-state index contributed by atoms with van der Waals surface area (Å²) in [5, 5.41) is 29.7. The van der Waals surface area contributed by atoms with Gasteiger partial charge in [-0.1, -0.05) is 192 Å². The van der Waals surface area contributed by atoms with Crippen LogP contribution < -0.4 is 0 Å². The van der Waals surface area contributed by atoms with Crippen molar-refractivity contribution >= 4 is 11.8 Å². The topological polar surface area (TPSA) is 113 Å². The van der Waals surface area contributed by atoms with Crippen molar-refractivity contribution in [1.29, 1.82) is 0 Å². The fraction of sp³-hybridized carbons (Fsp3) is 0.880. The Kier molecular flexibility index (Phi) is 44.3. The van der Waals surface area contributed by atoms with Crippen LogP contribution in [0.5, 0.6) is 0 Å². The Morgan fingerprint density at radius 3 is 1.14 bits per heavy atom. The number of esters is 1. The molecule has 0 spiro atoms. The first-order valence-electron chi connectivity index (χ1n) is 24.5. The fourth-order valence-corrected chi connectivity index (χ4v) is 7.34. The van der Waals surface area contributed by atoms with Crippen LogP contribution in [-0.2, 0) is 19.1 Å². The van der Waals surface area contributed by atoms with Gasteiger partial charge in [0.25, 0.3) is 0 Å². The molecule has 0 amide bonds. The Hall–Kier alpha value is -1.54. The van der Waals surface area contributed by atoms with Crippen molar-refractivity contribution in [2.24, 2.45) is 0 Å². The molecule has 0 saturated carbocycles. The molecule has 0 aliphatic rings. The highest BCUT2D eigenvalue weighted by Crippen LogP contribution is 2.16. The number of allylic oxidation sites excluding steroid dienone is 4. The van der Waals surface area contributed by atoms with Crippen molar-refractivity contribution in [2.45, 2.75) is 263 Å². The molecule has 0 aromatic rings. The Balaban J connectivity index is 3.88. The number of hydrogen-bond acceptors (Lipinski definition) is 7. The van der Waals surface area contributed by atoms with E-state index in [0.717, 1.165) is 38.5 Å². The molecule has 3 unspecified atom stereocenters. The van der Waals surface area contributed by atoms with Crippen LogP contribution in [0.1, 0.15) is 245 Å². The number of unbranched alkanes of at least 4 members (excludes halogenated alkanes) is 30. The summed E-state index contributed by atoms with van der Waals surface area (Å²) in [5.74, 6) is -0.650. The summed E-state index contributed by atoms with van der Waals surface area (Å²) in [6, 6.07) is 0. The van der Waals surface area contributed by atoms with Gasteiger partial charge in [-0.05, 0) is 64.2 Å². The second-order valence-corrected chi connectivity index (χ2v) is 16.8. The Bertz CT molecular complexity index is 903. The third-order valence-corrected chi connectivity index (χ3v) is 11.2. The molecule has 3 N–H and O–H groups in total. The van der Waals surface area contributed by atoms with Crippen molar-refractivity contribution in [1.82, 2.24) is 0 Å². The second kappa shape index (κ2) is 45.5. The number of carbonyl (C=O) groups is 2. The Labute approximate surface area is 352 Å². The highest BCUT2D eigenvalue weighted by atomic mass is 16.6. The number of aliphatic hydroxyl groups is 3. The number of Topliss-reactive ketones (excluding diaryl/α,β-unsaturated/α-hetero) is 1. The molecule has 0 rings (SSSR count). The molecule has 0 radical (unpaired) electrons. The van der Waals surface area contributed by atoms with E-state index in [0.29, 0.717) is 12.8 Å². The molecule has 0 aliphatic carbocycles. The minimum atomic E-state index is -1.39. The molecule has 0 heterocycles. The summed E-state index contributed by atoms with van der Waals surface area (Å²) in [6.07, 6.45) is 48.2. The lowest BCUT2D eigenvalue weighted by atomic mass is 10.0. The average Bonchev–Trinajstić information content (AvgIpc) is 3.22. The van der Waals surface area contributed by atoms with Crippen molar-refractivity contribution in [3.8, 4) is 0 Å². The van der Waals surface area contributed by atoms with Crippen LogP contribution in [0.25, 0.3) is 0 Å². The summed E-state index contributed by atoms with van der Waals surface area (Å²) in [4.78, 5) is 25.3. The fourth-order valence-electron chi connectivity index (χ4n) is 7.34. The molecular weight excluding hydrogens is 713 g/mol. The molecule has 3 atom stereocenters. The van der Waals surface area contributed by atoms with Gasteiger partial charge in [-0.25, -0.2) is 0 Å². The van der Waals surface area contributed by atoms with Crippen molar-refractivity contribution in [3.63, 3.8) is 0 Å². The van der Waals surface area contributed by atoms with E-state index in [2.05, 4.69) is 38.2 Å². The predicted molar refractivity (Wildman–Crippen MR) is 241 cm³/mol. The van der Waals surface area contributed by atoms with Gasteiger partial charge in [0, 0.05) is 12.8 Å². The number of carbonyl (C=O) groups excluding carboxylic acids is 2. The molecule has 0 bridgehead atoms. The van der Waals surface area contributed by atoms with E-state index in [4.69, 9.17) is 9.47 Å². The minimum absolute atomic E-state index is 0.192. The van der Waals surface area contributed by atoms with Crippen LogP contribution >= 0.6 is 0 Å². The zero-order valence-corrected chi connectivity index (χ0v) is 37.6. The molecule has 7 heteroatoms. The van der Waals surface area contributed by atoms with Gasteiger partial charge in [0.05, 0.1) is 13.2 Å². The molecule has 0 aromatic carbocycles. The van der Waals surface area contributed by atoms with Gasteiger partial charge in [0.2, 0.25) is 0 Å². The minimum Gasteiger partial charge on any atom is -0.463 e. The SMILES string of the molecule is CCCCCCCCC=CCCCCCCCCCCCC(=O)OCC(CO)OC(C(=O)CCCCCCCCCCCC=CCCCCCCCC)C(O)CO. The van der Waals surface area contributed by atoms with Crippen LogP contribution in [0.3, 0.4) is 0 Å². The van der Waals surface area contributed by atoms with Crippen molar-refractivity contribution in [2.75, 3.05) is 19.8 Å². The molecular formula is C50H94O7. The van der Waals surface area contributed by atoms with Gasteiger partial charge >= 0.3 is 5.97 Å². The largest absolute Gasteiger partial charge is 0.463 e. The smallest absolute Gasteiger partial charge is 0.305 e. The maximum atomic E-state index is 12.9. The van der Waals surface area contributed by atoms with Crippen LogP contribution in [0.2, 0.25) is 0 Å². The average molecular weight is 807 g/mol. The molecule has 0 saturated heterocycles. The third-order valence-electron chi connectivity index (χ3n) is 11.2. The van der Waals surface area contributed by atoms with E-state index >= 15 is 0 Å². The Morgan fingerprint density at radius 1 is 0.456 bits per heavy atom. The first-order chi connectivity index (χ1) is 28.0. The third kappa shape index (κ3) is 39.7. The lowest BCUT2D eigenvalue weighted by Gasteiger charge is -2.25. The summed E-state index contributed by atoms with van der Waals surface area (Å²) in [5.41, 5.74) is 0. The first kappa shape index (κ1) is 55.5. The van der Waals surface area contributed by atoms with Gasteiger partial charge in [-0.2, -0.15) is 0 Å². The summed E-state index contributed by atoms with van der Waals surface area (Å²) in [7, 11) is 0. The van der Waals surface area contributed by atoms with Crippen LogP contribution in [0.15, 0.2) is 24.3 Å². The van der Waals surface area contributed by atoms with E-state index in [1.54, 1.807) is 0 Å². The highest BCUT2D eigenvalue weighted by molar-refractivity contribution is 5.83. The van der Waals surface area contributed by atoms with Gasteiger partial charge in [-0.15, -0.1) is 0 Å². The highest BCUT2D eigenvalue weighted by Gasteiger charge is 2.30. The van der Waals surface area contributed by atoms with Crippen molar-refractivity contribution < 1.29 is 34.4 Å². The van der Waals surface area contributed by atoms with Gasteiger partial charge < -0.3 is 24.8 Å². The van der Waals surface area contributed by atoms with Crippen molar-refractivity contribution in [3.05, 3.63) is 24.3 Å². The second-order valence-electron chi connectivity index (χ2n) is 16.8. The predicted octanol–water partition coefficient (Wildman–Crippen LogP) is 13.4. The number of ketones is 1. The van der Waals surface area contributed by atoms with Gasteiger partial charge in [0.1, 0.15) is 24.9 Å². The molecule has 57 heavy (non-hydrogen) atoms. The van der Waals surface area contributed by atoms with Gasteiger partial charge in [0.15, 0.2) is 5.78 Å². The van der Waals surface area contributed by atoms with E-state index < -0.39 is 31.5 Å². The van der Waals surface area contributed by atoms with E-state index in [-0.39, 0.29) is 24.8 Å². The molecule has 0 fully saturated rings. The zero-order valence-electron chi connectivity index (χ0n) is 37.6.